The minimum Gasteiger partial charge on any atom is -0.366 e. The van der Waals surface area contributed by atoms with Crippen LogP contribution in [0.25, 0.3) is 0 Å². The summed E-state index contributed by atoms with van der Waals surface area (Å²) >= 11 is 0. The third kappa shape index (κ3) is 22.0. The van der Waals surface area contributed by atoms with Crippen LogP contribution in [0.4, 0.5) is 0 Å². The van der Waals surface area contributed by atoms with Crippen molar-refractivity contribution in [2.75, 3.05) is 13.3 Å². The smallest absolute Gasteiger partial charge is 0.0394 e. The first kappa shape index (κ1) is 22.9. The Hall–Kier alpha value is -0.390. The van der Waals surface area contributed by atoms with Crippen molar-refractivity contribution in [2.45, 2.75) is 67.2 Å². The van der Waals surface area contributed by atoms with Crippen molar-refractivity contribution in [1.29, 1.82) is 0 Å². The van der Waals surface area contributed by atoms with Gasteiger partial charge in [-0.25, -0.2) is 0 Å². The molecule has 0 amide bonds. The lowest BCUT2D eigenvalue weighted by Crippen LogP contribution is -1.90. The highest BCUT2D eigenvalue weighted by atomic mass is 31.1. The van der Waals surface area contributed by atoms with Crippen LogP contribution in [-0.4, -0.2) is 13.3 Å². The first-order valence-electron chi connectivity index (χ1n) is 8.20. The molecule has 0 N–H and O–H groups in total. The molecule has 0 radical (unpaired) electrons. The lowest BCUT2D eigenvalue weighted by molar-refractivity contribution is 0.472. The summed E-state index contributed by atoms with van der Waals surface area (Å²) in [4.78, 5) is 0. The van der Waals surface area contributed by atoms with Gasteiger partial charge in [0.05, 0.1) is 0 Å². The molecule has 21 heavy (non-hydrogen) atoms. The van der Waals surface area contributed by atoms with E-state index in [-0.39, 0.29) is 0 Å². The number of allylic oxidation sites excluding steroid dienone is 6. The maximum Gasteiger partial charge on any atom is 0.0394 e. The molecule has 0 heterocycles. The molecule has 0 fully saturated rings. The second kappa shape index (κ2) is 17.7. The van der Waals surface area contributed by atoms with E-state index < -0.39 is 0 Å². The van der Waals surface area contributed by atoms with E-state index in [0.29, 0.717) is 14.7 Å². The van der Waals surface area contributed by atoms with Crippen molar-refractivity contribution in [1.82, 2.24) is 0 Å². The van der Waals surface area contributed by atoms with Gasteiger partial charge in [-0.15, -0.1) is 0 Å². The Morgan fingerprint density at radius 3 is 2.33 bits per heavy atom. The van der Waals surface area contributed by atoms with Gasteiger partial charge in [0.2, 0.25) is 0 Å². The van der Waals surface area contributed by atoms with E-state index in [9.17, 15) is 0 Å². The van der Waals surface area contributed by atoms with E-state index in [4.69, 9.17) is 4.52 Å². The van der Waals surface area contributed by atoms with E-state index in [0.717, 1.165) is 12.8 Å². The van der Waals surface area contributed by atoms with Gasteiger partial charge in [0.1, 0.15) is 0 Å². The Kier molecular flexibility index (Phi) is 19.2. The standard InChI is InChI=1S/C16H29OP.C3H8/c1-14(2)8-6-9-15(3)10-7-11-16(4)12-13-18-17-5;1-3-2/h7-8,10-11,16,18H,6,9,12-13H2,1-5H3;3H2,1-2H3/b11-7+,15-10+;. The molecule has 0 aromatic rings. The van der Waals surface area contributed by atoms with Gasteiger partial charge in [-0.1, -0.05) is 62.6 Å². The Balaban J connectivity index is 0. The predicted octanol–water partition coefficient (Wildman–Crippen LogP) is 6.92. The maximum atomic E-state index is 5.08. The average molecular weight is 312 g/mol. The highest BCUT2D eigenvalue weighted by Crippen LogP contribution is 2.16. The average Bonchev–Trinajstić information content (AvgIpc) is 2.39. The van der Waals surface area contributed by atoms with Gasteiger partial charge in [0.15, 0.2) is 0 Å². The Labute approximate surface area is 135 Å². The summed E-state index contributed by atoms with van der Waals surface area (Å²) in [5, 5.41) is 0. The molecule has 1 nitrogen and oxygen atoms in total. The second-order valence-electron chi connectivity index (χ2n) is 5.79. The van der Waals surface area contributed by atoms with Gasteiger partial charge in [0.25, 0.3) is 0 Å². The molecular weight excluding hydrogens is 275 g/mol. The minimum atomic E-state index is 0.648. The molecule has 0 aliphatic carbocycles. The van der Waals surface area contributed by atoms with Crippen LogP contribution >= 0.6 is 8.81 Å². The van der Waals surface area contributed by atoms with E-state index in [1.165, 1.54) is 30.1 Å². The molecule has 0 saturated heterocycles. The van der Waals surface area contributed by atoms with E-state index >= 15 is 0 Å². The number of hydrogen-bond acceptors (Lipinski definition) is 1. The maximum absolute atomic E-state index is 5.08. The Morgan fingerprint density at radius 2 is 1.81 bits per heavy atom. The van der Waals surface area contributed by atoms with E-state index in [1.54, 1.807) is 7.11 Å². The first-order chi connectivity index (χ1) is 9.97. The highest BCUT2D eigenvalue weighted by Gasteiger charge is 1.95. The van der Waals surface area contributed by atoms with Crippen molar-refractivity contribution in [2.24, 2.45) is 5.92 Å². The fraction of sp³-hybridized carbons (Fsp3) is 0.684. The van der Waals surface area contributed by atoms with Crippen LogP contribution in [0, 0.1) is 5.92 Å². The Morgan fingerprint density at radius 1 is 1.19 bits per heavy atom. The molecule has 0 bridgehead atoms. The van der Waals surface area contributed by atoms with Gasteiger partial charge in [-0.05, 0) is 52.1 Å². The summed E-state index contributed by atoms with van der Waals surface area (Å²) in [6.07, 6.45) is 15.0. The molecule has 0 aromatic carbocycles. The lowest BCUT2D eigenvalue weighted by Gasteiger charge is -2.04. The molecule has 2 atom stereocenters. The van der Waals surface area contributed by atoms with Crippen LogP contribution < -0.4 is 0 Å². The lowest BCUT2D eigenvalue weighted by atomic mass is 10.1. The van der Waals surface area contributed by atoms with Gasteiger partial charge in [-0.3, -0.25) is 0 Å². The summed E-state index contributed by atoms with van der Waals surface area (Å²) < 4.78 is 5.08. The fourth-order valence-corrected chi connectivity index (χ4v) is 2.34. The molecule has 0 aliphatic rings. The van der Waals surface area contributed by atoms with Crippen LogP contribution in [0.5, 0.6) is 0 Å². The molecule has 2 heteroatoms. The third-order valence-corrected chi connectivity index (χ3v) is 3.54. The van der Waals surface area contributed by atoms with Crippen molar-refractivity contribution in [3.63, 3.8) is 0 Å². The molecule has 124 valence electrons. The van der Waals surface area contributed by atoms with Crippen molar-refractivity contribution < 1.29 is 4.52 Å². The normalized spacial score (nSPS) is 13.4. The molecular formula is C19H37OP. The quantitative estimate of drug-likeness (QED) is 0.194. The van der Waals surface area contributed by atoms with Gasteiger partial charge >= 0.3 is 0 Å². The van der Waals surface area contributed by atoms with Crippen LogP contribution in [0.15, 0.2) is 35.5 Å². The van der Waals surface area contributed by atoms with Crippen LogP contribution in [-0.2, 0) is 4.52 Å². The minimum absolute atomic E-state index is 0.648. The zero-order valence-corrected chi connectivity index (χ0v) is 16.3. The van der Waals surface area contributed by atoms with Crippen molar-refractivity contribution in [3.8, 4) is 0 Å². The summed E-state index contributed by atoms with van der Waals surface area (Å²) in [5.74, 6) is 0.648. The van der Waals surface area contributed by atoms with Gasteiger partial charge in [0, 0.05) is 15.9 Å². The number of hydrogen-bond donors (Lipinski definition) is 0. The first-order valence-corrected chi connectivity index (χ1v) is 9.32. The van der Waals surface area contributed by atoms with Crippen molar-refractivity contribution in [3.05, 3.63) is 35.5 Å². The predicted molar refractivity (Wildman–Crippen MR) is 101 cm³/mol. The van der Waals surface area contributed by atoms with Crippen LogP contribution in [0.2, 0.25) is 0 Å². The zero-order valence-electron chi connectivity index (χ0n) is 15.3. The fourth-order valence-electron chi connectivity index (χ4n) is 1.57. The molecule has 2 unspecified atom stereocenters. The third-order valence-electron chi connectivity index (χ3n) is 2.76. The molecule has 0 aromatic heterocycles. The monoisotopic (exact) mass is 312 g/mol. The summed E-state index contributed by atoms with van der Waals surface area (Å²) in [6, 6.07) is 0. The van der Waals surface area contributed by atoms with Crippen LogP contribution in [0.3, 0.4) is 0 Å². The highest BCUT2D eigenvalue weighted by molar-refractivity contribution is 7.32. The second-order valence-corrected chi connectivity index (χ2v) is 6.99. The summed E-state index contributed by atoms with van der Waals surface area (Å²) in [7, 11) is 2.42. The largest absolute Gasteiger partial charge is 0.366 e. The molecule has 0 saturated carbocycles. The summed E-state index contributed by atoms with van der Waals surface area (Å²) in [6.45, 7) is 13.0. The SMILES string of the molecule is CCC.COPCCC(C)/C=C/C=C(\C)CCC=C(C)C. The number of rotatable bonds is 9. The topological polar surface area (TPSA) is 9.23 Å². The summed E-state index contributed by atoms with van der Waals surface area (Å²) in [5.41, 5.74) is 2.86. The molecule has 0 rings (SSSR count). The molecule has 0 spiro atoms. The van der Waals surface area contributed by atoms with Crippen molar-refractivity contribution >= 4 is 8.81 Å². The Bertz CT molecular complexity index is 299. The van der Waals surface area contributed by atoms with Crippen LogP contribution in [0.1, 0.15) is 67.2 Å². The van der Waals surface area contributed by atoms with Gasteiger partial charge in [-0.2, -0.15) is 0 Å². The van der Waals surface area contributed by atoms with Gasteiger partial charge < -0.3 is 4.52 Å². The molecule has 0 aliphatic heterocycles. The van der Waals surface area contributed by atoms with E-state index in [1.807, 2.05) is 0 Å². The zero-order chi connectivity index (χ0) is 16.5. The van der Waals surface area contributed by atoms with E-state index in [2.05, 4.69) is 65.8 Å².